The second-order valence-corrected chi connectivity index (χ2v) is 6.40. The van der Waals surface area contributed by atoms with Crippen molar-refractivity contribution in [1.82, 2.24) is 20.1 Å². The van der Waals surface area contributed by atoms with E-state index in [1.165, 1.54) is 0 Å². The van der Waals surface area contributed by atoms with E-state index in [0.29, 0.717) is 17.8 Å². The summed E-state index contributed by atoms with van der Waals surface area (Å²) < 4.78 is 6.95. The Morgan fingerprint density at radius 3 is 2.45 bits per heavy atom. The Morgan fingerprint density at radius 2 is 1.76 bits per heavy atom. The summed E-state index contributed by atoms with van der Waals surface area (Å²) in [7, 11) is 1.62. The van der Waals surface area contributed by atoms with Crippen molar-refractivity contribution < 1.29 is 9.53 Å². The molecule has 1 N–H and O–H groups in total. The van der Waals surface area contributed by atoms with E-state index in [1.807, 2.05) is 72.8 Å². The second kappa shape index (κ2) is 8.39. The zero-order chi connectivity index (χ0) is 20.1. The third-order valence-electron chi connectivity index (χ3n) is 4.50. The molecule has 0 aliphatic rings. The van der Waals surface area contributed by atoms with Gasteiger partial charge in [0.05, 0.1) is 30.6 Å². The first kappa shape index (κ1) is 18.4. The maximum absolute atomic E-state index is 13.0. The van der Waals surface area contributed by atoms with Crippen LogP contribution in [0.15, 0.2) is 85.2 Å². The first-order valence-electron chi connectivity index (χ1n) is 9.22. The molecule has 0 radical (unpaired) electrons. The van der Waals surface area contributed by atoms with Gasteiger partial charge in [0.25, 0.3) is 5.91 Å². The third-order valence-corrected chi connectivity index (χ3v) is 4.50. The van der Waals surface area contributed by atoms with Gasteiger partial charge in [-0.15, -0.1) is 0 Å². The average Bonchev–Trinajstić information content (AvgIpc) is 3.24. The summed E-state index contributed by atoms with van der Waals surface area (Å²) in [6.07, 6.45) is 3.46. The molecule has 6 nitrogen and oxygen atoms in total. The normalized spacial score (nSPS) is 10.5. The number of amides is 1. The molecule has 2 heterocycles. The minimum atomic E-state index is -0.205. The molecular weight excluding hydrogens is 364 g/mol. The quantitative estimate of drug-likeness (QED) is 0.548. The van der Waals surface area contributed by atoms with Crippen LogP contribution >= 0.6 is 0 Å². The Hall–Kier alpha value is -3.93. The van der Waals surface area contributed by atoms with Gasteiger partial charge in [-0.3, -0.25) is 9.78 Å². The molecule has 0 unspecified atom stereocenters. The molecule has 6 heteroatoms. The number of pyridine rings is 1. The number of carbonyl (C=O) groups is 1. The van der Waals surface area contributed by atoms with Crippen molar-refractivity contribution in [1.29, 1.82) is 0 Å². The van der Waals surface area contributed by atoms with E-state index in [2.05, 4.69) is 15.4 Å². The predicted octanol–water partition coefficient (Wildman–Crippen LogP) is 3.87. The highest BCUT2D eigenvalue weighted by molar-refractivity contribution is 5.99. The number of benzene rings is 2. The second-order valence-electron chi connectivity index (χ2n) is 6.40. The maximum Gasteiger partial charge on any atom is 0.255 e. The molecule has 0 saturated carbocycles. The molecule has 0 saturated heterocycles. The van der Waals surface area contributed by atoms with Gasteiger partial charge in [0.1, 0.15) is 11.4 Å². The minimum Gasteiger partial charge on any atom is -0.497 e. The fraction of sp³-hybridized carbons (Fsp3) is 0.0870. The molecule has 1 amide bonds. The lowest BCUT2D eigenvalue weighted by molar-refractivity contribution is 0.0951. The van der Waals surface area contributed by atoms with Gasteiger partial charge < -0.3 is 10.1 Å². The fourth-order valence-electron chi connectivity index (χ4n) is 2.98. The lowest BCUT2D eigenvalue weighted by atomic mass is 10.1. The molecule has 4 aromatic rings. The van der Waals surface area contributed by atoms with Crippen molar-refractivity contribution >= 4 is 5.91 Å². The van der Waals surface area contributed by atoms with Crippen molar-refractivity contribution in [3.8, 4) is 22.7 Å². The first-order chi connectivity index (χ1) is 14.2. The smallest absolute Gasteiger partial charge is 0.255 e. The number of carbonyl (C=O) groups excluding carboxylic acids is 1. The van der Waals surface area contributed by atoms with Crippen LogP contribution in [0.25, 0.3) is 16.9 Å². The average molecular weight is 384 g/mol. The van der Waals surface area contributed by atoms with Crippen LogP contribution in [0.2, 0.25) is 0 Å². The summed E-state index contributed by atoms with van der Waals surface area (Å²) in [5.41, 5.74) is 3.61. The Bertz CT molecular complexity index is 1090. The van der Waals surface area contributed by atoms with Crippen LogP contribution < -0.4 is 10.1 Å². The molecule has 29 heavy (non-hydrogen) atoms. The largest absolute Gasteiger partial charge is 0.497 e. The van der Waals surface area contributed by atoms with Gasteiger partial charge in [-0.05, 0) is 48.5 Å². The van der Waals surface area contributed by atoms with E-state index >= 15 is 0 Å². The molecule has 0 fully saturated rings. The number of hydrogen-bond donors (Lipinski definition) is 1. The van der Waals surface area contributed by atoms with E-state index in [0.717, 1.165) is 22.7 Å². The molecule has 0 atom stereocenters. The topological polar surface area (TPSA) is 69.0 Å². The van der Waals surface area contributed by atoms with Gasteiger partial charge in [0.2, 0.25) is 0 Å². The van der Waals surface area contributed by atoms with Crippen molar-refractivity contribution in [3.05, 3.63) is 96.4 Å². The number of para-hydroxylation sites is 1. The zero-order valence-corrected chi connectivity index (χ0v) is 15.9. The van der Waals surface area contributed by atoms with E-state index < -0.39 is 0 Å². The number of rotatable bonds is 6. The highest BCUT2D eigenvalue weighted by atomic mass is 16.5. The van der Waals surface area contributed by atoms with Gasteiger partial charge in [-0.25, -0.2) is 4.68 Å². The van der Waals surface area contributed by atoms with Crippen LogP contribution in [0, 0.1) is 0 Å². The Kier molecular flexibility index (Phi) is 5.33. The summed E-state index contributed by atoms with van der Waals surface area (Å²) in [5, 5.41) is 7.61. The molecule has 0 aliphatic heterocycles. The zero-order valence-electron chi connectivity index (χ0n) is 15.9. The number of ether oxygens (including phenoxy) is 1. The predicted molar refractivity (Wildman–Crippen MR) is 111 cm³/mol. The summed E-state index contributed by atoms with van der Waals surface area (Å²) in [6.45, 7) is 0.345. The molecule has 2 aromatic heterocycles. The lowest BCUT2D eigenvalue weighted by Gasteiger charge is -2.06. The number of methoxy groups -OCH3 is 1. The van der Waals surface area contributed by atoms with Crippen molar-refractivity contribution in [2.24, 2.45) is 0 Å². The van der Waals surface area contributed by atoms with Gasteiger partial charge in [0.15, 0.2) is 0 Å². The lowest BCUT2D eigenvalue weighted by Crippen LogP contribution is -2.23. The highest BCUT2D eigenvalue weighted by Gasteiger charge is 2.18. The molecule has 144 valence electrons. The molecule has 0 aliphatic carbocycles. The Morgan fingerprint density at radius 1 is 1.00 bits per heavy atom. The van der Waals surface area contributed by atoms with Crippen LogP contribution in [0.1, 0.15) is 16.1 Å². The van der Waals surface area contributed by atoms with Crippen LogP contribution in [-0.4, -0.2) is 27.8 Å². The maximum atomic E-state index is 13.0. The van der Waals surface area contributed by atoms with Crippen LogP contribution in [0.4, 0.5) is 0 Å². The Labute approximate surface area is 168 Å². The van der Waals surface area contributed by atoms with E-state index in [-0.39, 0.29) is 5.91 Å². The molecule has 0 spiro atoms. The molecular formula is C23H20N4O2. The molecule has 2 aromatic carbocycles. The monoisotopic (exact) mass is 384 g/mol. The van der Waals surface area contributed by atoms with Gasteiger partial charge >= 0.3 is 0 Å². The highest BCUT2D eigenvalue weighted by Crippen LogP contribution is 2.26. The summed E-state index contributed by atoms with van der Waals surface area (Å²) in [5.74, 6) is 0.543. The van der Waals surface area contributed by atoms with E-state index in [4.69, 9.17) is 4.74 Å². The minimum absolute atomic E-state index is 0.205. The SMILES string of the molecule is COc1ccc(-c2nn(-c3ccccc3)cc2C(=O)NCc2ccccn2)cc1. The Balaban J connectivity index is 1.68. The fourth-order valence-corrected chi connectivity index (χ4v) is 2.98. The first-order valence-corrected chi connectivity index (χ1v) is 9.22. The van der Waals surface area contributed by atoms with Crippen molar-refractivity contribution in [2.75, 3.05) is 7.11 Å². The standard InChI is InChI=1S/C23H20N4O2/c1-29-20-12-10-17(11-13-20)22-21(16-27(26-22)19-8-3-2-4-9-19)23(28)25-15-18-7-5-6-14-24-18/h2-14,16H,15H2,1H3,(H,25,28). The summed E-state index contributed by atoms with van der Waals surface area (Å²) in [4.78, 5) is 17.2. The van der Waals surface area contributed by atoms with Crippen LogP contribution in [0.3, 0.4) is 0 Å². The van der Waals surface area contributed by atoms with Crippen LogP contribution in [0.5, 0.6) is 5.75 Å². The summed E-state index contributed by atoms with van der Waals surface area (Å²) in [6, 6.07) is 22.8. The number of nitrogens with zero attached hydrogens (tertiary/aromatic N) is 3. The molecule has 4 rings (SSSR count). The molecule has 0 bridgehead atoms. The van der Waals surface area contributed by atoms with Crippen LogP contribution in [-0.2, 0) is 6.54 Å². The van der Waals surface area contributed by atoms with E-state index in [1.54, 1.807) is 24.2 Å². The van der Waals surface area contributed by atoms with Gasteiger partial charge in [0, 0.05) is 18.0 Å². The number of nitrogens with one attached hydrogen (secondary N) is 1. The van der Waals surface area contributed by atoms with Gasteiger partial charge in [-0.2, -0.15) is 5.10 Å². The van der Waals surface area contributed by atoms with Crippen molar-refractivity contribution in [2.45, 2.75) is 6.54 Å². The van der Waals surface area contributed by atoms with Gasteiger partial charge in [-0.1, -0.05) is 24.3 Å². The van der Waals surface area contributed by atoms with Crippen molar-refractivity contribution in [3.63, 3.8) is 0 Å². The van der Waals surface area contributed by atoms with E-state index in [9.17, 15) is 4.79 Å². The third kappa shape index (κ3) is 4.16. The number of aromatic nitrogens is 3. The summed E-state index contributed by atoms with van der Waals surface area (Å²) >= 11 is 0. The number of hydrogen-bond acceptors (Lipinski definition) is 4.